The number of nitrogens with zero attached hydrogens (tertiary/aromatic N) is 1. The molecule has 1 amide bonds. The lowest BCUT2D eigenvalue weighted by atomic mass is 9.85. The fourth-order valence-corrected chi connectivity index (χ4v) is 2.34. The highest BCUT2D eigenvalue weighted by molar-refractivity contribution is 5.88. The number of anilines is 1. The van der Waals surface area contributed by atoms with Gasteiger partial charge in [-0.15, -0.1) is 0 Å². The minimum absolute atomic E-state index is 0.296. The van der Waals surface area contributed by atoms with Crippen LogP contribution in [-0.2, 0) is 6.42 Å². The Labute approximate surface area is 138 Å². The van der Waals surface area contributed by atoms with Crippen LogP contribution in [0.3, 0.4) is 0 Å². The Morgan fingerprint density at radius 1 is 1.22 bits per heavy atom. The molecular weight excluding hydrogens is 294 g/mol. The topological polar surface area (TPSA) is 70.0 Å². The van der Waals surface area contributed by atoms with Crippen LogP contribution in [-0.4, -0.2) is 35.1 Å². The second-order valence-corrected chi connectivity index (χ2v) is 7.87. The van der Waals surface area contributed by atoms with E-state index in [4.69, 9.17) is 4.74 Å². The SMILES string of the molecule is COc1ccc(N(C(=O)O)C(C)(C)C)c(CC(O)C(C)(C)C)c1. The van der Waals surface area contributed by atoms with E-state index >= 15 is 0 Å². The van der Waals surface area contributed by atoms with E-state index in [1.54, 1.807) is 25.3 Å². The molecule has 0 bridgehead atoms. The van der Waals surface area contributed by atoms with Crippen molar-refractivity contribution in [3.8, 4) is 5.75 Å². The van der Waals surface area contributed by atoms with Gasteiger partial charge in [-0.2, -0.15) is 0 Å². The van der Waals surface area contributed by atoms with Crippen LogP contribution in [0.4, 0.5) is 10.5 Å². The summed E-state index contributed by atoms with van der Waals surface area (Å²) in [5.74, 6) is 0.643. The number of methoxy groups -OCH3 is 1. The molecule has 23 heavy (non-hydrogen) atoms. The molecule has 0 aliphatic carbocycles. The van der Waals surface area contributed by atoms with E-state index in [9.17, 15) is 15.0 Å². The summed E-state index contributed by atoms with van der Waals surface area (Å²) >= 11 is 0. The first-order valence-corrected chi connectivity index (χ1v) is 7.76. The standard InChI is InChI=1S/C18H29NO4/c1-17(2,3)15(20)11-12-10-13(23-7)8-9-14(12)19(16(21)22)18(4,5)6/h8-10,15,20H,11H2,1-7H3,(H,21,22). The molecule has 0 radical (unpaired) electrons. The molecule has 0 saturated heterocycles. The van der Waals surface area contributed by atoms with Crippen molar-refractivity contribution in [1.29, 1.82) is 0 Å². The van der Waals surface area contributed by atoms with Gasteiger partial charge in [-0.25, -0.2) is 4.79 Å². The average Bonchev–Trinajstić information content (AvgIpc) is 2.37. The summed E-state index contributed by atoms with van der Waals surface area (Å²) in [6.45, 7) is 11.4. The predicted octanol–water partition coefficient (Wildman–Crippen LogP) is 3.93. The zero-order chi connectivity index (χ0) is 18.0. The number of rotatable bonds is 4. The number of hydrogen-bond acceptors (Lipinski definition) is 3. The van der Waals surface area contributed by atoms with Crippen molar-refractivity contribution in [1.82, 2.24) is 0 Å². The zero-order valence-corrected chi connectivity index (χ0v) is 15.2. The summed E-state index contributed by atoms with van der Waals surface area (Å²) in [5.41, 5.74) is 0.441. The van der Waals surface area contributed by atoms with Crippen molar-refractivity contribution in [2.24, 2.45) is 5.41 Å². The maximum Gasteiger partial charge on any atom is 0.412 e. The monoisotopic (exact) mass is 323 g/mol. The minimum Gasteiger partial charge on any atom is -0.497 e. The Balaban J connectivity index is 3.39. The number of benzene rings is 1. The number of ether oxygens (including phenoxy) is 1. The van der Waals surface area contributed by atoms with Gasteiger partial charge in [0.05, 0.1) is 18.9 Å². The molecule has 0 spiro atoms. The molecule has 1 aromatic rings. The lowest BCUT2D eigenvalue weighted by molar-refractivity contribution is 0.0636. The first-order valence-electron chi connectivity index (χ1n) is 7.76. The Morgan fingerprint density at radius 3 is 2.17 bits per heavy atom. The lowest BCUT2D eigenvalue weighted by Gasteiger charge is -2.35. The van der Waals surface area contributed by atoms with E-state index < -0.39 is 17.7 Å². The van der Waals surface area contributed by atoms with Crippen LogP contribution >= 0.6 is 0 Å². The van der Waals surface area contributed by atoms with Gasteiger partial charge >= 0.3 is 6.09 Å². The number of amides is 1. The van der Waals surface area contributed by atoms with Crippen LogP contribution in [0.5, 0.6) is 5.75 Å². The zero-order valence-electron chi connectivity index (χ0n) is 15.2. The highest BCUT2D eigenvalue weighted by Gasteiger charge is 2.31. The Bertz CT molecular complexity index is 555. The summed E-state index contributed by atoms with van der Waals surface area (Å²) < 4.78 is 5.26. The lowest BCUT2D eigenvalue weighted by Crippen LogP contribution is -2.46. The van der Waals surface area contributed by atoms with Crippen LogP contribution in [0.2, 0.25) is 0 Å². The fourth-order valence-electron chi connectivity index (χ4n) is 2.34. The first kappa shape index (κ1) is 19.3. The normalized spacial score (nSPS) is 13.6. The largest absolute Gasteiger partial charge is 0.497 e. The van der Waals surface area contributed by atoms with Gasteiger partial charge in [0, 0.05) is 12.0 Å². The molecule has 0 fully saturated rings. The van der Waals surface area contributed by atoms with Crippen LogP contribution in [0, 0.1) is 5.41 Å². The quantitative estimate of drug-likeness (QED) is 0.881. The van der Waals surface area contributed by atoms with Crippen molar-refractivity contribution >= 4 is 11.8 Å². The van der Waals surface area contributed by atoms with E-state index in [0.717, 1.165) is 5.56 Å². The van der Waals surface area contributed by atoms with E-state index in [2.05, 4.69) is 0 Å². The molecule has 0 aromatic heterocycles. The summed E-state index contributed by atoms with van der Waals surface area (Å²) in [4.78, 5) is 13.1. The van der Waals surface area contributed by atoms with Gasteiger partial charge in [-0.05, 0) is 49.9 Å². The number of aliphatic hydroxyl groups is 1. The third-order valence-electron chi connectivity index (χ3n) is 3.80. The van der Waals surface area contributed by atoms with Gasteiger partial charge in [0.1, 0.15) is 5.75 Å². The molecule has 130 valence electrons. The predicted molar refractivity (Wildman–Crippen MR) is 92.4 cm³/mol. The number of carboxylic acid groups (broad SMARTS) is 1. The van der Waals surface area contributed by atoms with Crippen LogP contribution in [0.15, 0.2) is 18.2 Å². The highest BCUT2D eigenvalue weighted by Crippen LogP contribution is 2.33. The molecule has 5 heteroatoms. The van der Waals surface area contributed by atoms with Gasteiger partial charge in [-0.1, -0.05) is 20.8 Å². The van der Waals surface area contributed by atoms with Gasteiger partial charge in [0.25, 0.3) is 0 Å². The van der Waals surface area contributed by atoms with Gasteiger partial charge < -0.3 is 14.9 Å². The van der Waals surface area contributed by atoms with Crippen LogP contribution in [0.25, 0.3) is 0 Å². The van der Waals surface area contributed by atoms with Crippen molar-refractivity contribution in [2.75, 3.05) is 12.0 Å². The molecular formula is C18H29NO4. The summed E-state index contributed by atoms with van der Waals surface area (Å²) in [7, 11) is 1.57. The van der Waals surface area contributed by atoms with E-state index in [-0.39, 0.29) is 5.41 Å². The average molecular weight is 323 g/mol. The van der Waals surface area contributed by atoms with Gasteiger partial charge in [-0.3, -0.25) is 4.90 Å². The molecule has 2 N–H and O–H groups in total. The number of carbonyl (C=O) groups is 1. The molecule has 0 heterocycles. The van der Waals surface area contributed by atoms with Crippen molar-refractivity contribution in [3.63, 3.8) is 0 Å². The van der Waals surface area contributed by atoms with E-state index in [0.29, 0.717) is 17.9 Å². The van der Waals surface area contributed by atoms with Gasteiger partial charge in [0.15, 0.2) is 0 Å². The van der Waals surface area contributed by atoms with E-state index in [1.165, 1.54) is 4.90 Å². The maximum absolute atomic E-state index is 11.8. The highest BCUT2D eigenvalue weighted by atomic mass is 16.5. The minimum atomic E-state index is -1.02. The van der Waals surface area contributed by atoms with Crippen molar-refractivity contribution in [3.05, 3.63) is 23.8 Å². The van der Waals surface area contributed by atoms with E-state index in [1.807, 2.05) is 41.5 Å². The summed E-state index contributed by atoms with van der Waals surface area (Å²) in [5, 5.41) is 20.1. The Hall–Kier alpha value is -1.75. The molecule has 1 atom stereocenters. The Kier molecular flexibility index (Phi) is 5.69. The van der Waals surface area contributed by atoms with Gasteiger partial charge in [0.2, 0.25) is 0 Å². The van der Waals surface area contributed by atoms with Crippen molar-refractivity contribution < 1.29 is 19.7 Å². The molecule has 0 aliphatic heterocycles. The maximum atomic E-state index is 11.8. The van der Waals surface area contributed by atoms with Crippen LogP contribution in [0.1, 0.15) is 47.1 Å². The second kappa shape index (κ2) is 6.79. The smallest absolute Gasteiger partial charge is 0.412 e. The fraction of sp³-hybridized carbons (Fsp3) is 0.611. The molecule has 1 rings (SSSR count). The summed E-state index contributed by atoms with van der Waals surface area (Å²) in [6.07, 6.45) is -1.26. The number of hydrogen-bond donors (Lipinski definition) is 2. The molecule has 1 aromatic carbocycles. The molecule has 1 unspecified atom stereocenters. The third kappa shape index (κ3) is 4.86. The van der Waals surface area contributed by atoms with Crippen molar-refractivity contribution in [2.45, 2.75) is 59.6 Å². The Morgan fingerprint density at radius 2 is 1.78 bits per heavy atom. The first-order chi connectivity index (χ1) is 10.4. The molecule has 0 saturated carbocycles. The number of aliphatic hydroxyl groups excluding tert-OH is 1. The molecule has 5 nitrogen and oxygen atoms in total. The second-order valence-electron chi connectivity index (χ2n) is 7.87. The molecule has 0 aliphatic rings. The van der Waals surface area contributed by atoms with Crippen LogP contribution < -0.4 is 9.64 Å². The third-order valence-corrected chi connectivity index (χ3v) is 3.80. The summed E-state index contributed by atoms with van der Waals surface area (Å²) in [6, 6.07) is 5.28.